The van der Waals surface area contributed by atoms with Crippen LogP contribution in [0.2, 0.25) is 5.02 Å². The zero-order valence-electron chi connectivity index (χ0n) is 20.4. The lowest BCUT2D eigenvalue weighted by molar-refractivity contribution is 0.0931. The average Bonchev–Trinajstić information content (AvgIpc) is 3.33. The van der Waals surface area contributed by atoms with Gasteiger partial charge in [-0.1, -0.05) is 79.2 Å². The number of carbonyl (C=O) groups excluding carboxylic acids is 1. The second kappa shape index (κ2) is 12.1. The molecule has 0 unspecified atom stereocenters. The Labute approximate surface area is 213 Å². The summed E-state index contributed by atoms with van der Waals surface area (Å²) >= 11 is 6.52. The van der Waals surface area contributed by atoms with Gasteiger partial charge in [0.05, 0.1) is 12.1 Å². The summed E-state index contributed by atoms with van der Waals surface area (Å²) in [5, 5.41) is 3.56. The maximum Gasteiger partial charge on any atom is 0.258 e. The number of aryl methyl sites for hydroxylation is 1. The van der Waals surface area contributed by atoms with Crippen molar-refractivity contribution in [2.45, 2.75) is 45.4 Å². The number of nitrogens with one attached hydrogen (secondary N) is 1. The first-order valence-corrected chi connectivity index (χ1v) is 12.6. The van der Waals surface area contributed by atoms with Crippen LogP contribution in [-0.4, -0.2) is 37.0 Å². The van der Waals surface area contributed by atoms with Crippen LogP contribution in [0.3, 0.4) is 0 Å². The molecule has 184 valence electrons. The number of amides is 1. The molecule has 5 nitrogen and oxygen atoms in total. The third-order valence-corrected chi connectivity index (χ3v) is 6.81. The summed E-state index contributed by atoms with van der Waals surface area (Å²) in [6, 6.07) is 22.5. The first kappa shape index (κ1) is 25.1. The van der Waals surface area contributed by atoms with Gasteiger partial charge < -0.3 is 14.8 Å². The van der Waals surface area contributed by atoms with Crippen molar-refractivity contribution in [1.29, 1.82) is 0 Å². The molecule has 1 aliphatic heterocycles. The van der Waals surface area contributed by atoms with E-state index in [4.69, 9.17) is 21.1 Å². The maximum absolute atomic E-state index is 13.6. The molecule has 35 heavy (non-hydrogen) atoms. The second-order valence-corrected chi connectivity index (χ2v) is 9.25. The monoisotopic (exact) mass is 492 g/mol. The Hall–Kier alpha value is -3.02. The molecule has 0 radical (unpaired) electrons. The number of halogens is 1. The standard InChI is InChI=1S/C29H33ClN2O3/c1-3-23-17-25(30)28(34-2)26(27(23)35-20-22-13-8-5-9-14-22)29(33)31-18-24-15-10-16-32(24)19-21-11-6-4-7-12-21/h4-9,11-14,17,24H,3,10,15-16,18-20H2,1-2H3,(H,31,33)/t24-/m0/s1. The van der Waals surface area contributed by atoms with E-state index < -0.39 is 0 Å². The molecule has 1 amide bonds. The minimum absolute atomic E-state index is 0.228. The van der Waals surface area contributed by atoms with Gasteiger partial charge in [0.25, 0.3) is 5.91 Å². The third-order valence-electron chi connectivity index (χ3n) is 6.53. The number of ether oxygens (including phenoxy) is 2. The molecule has 1 aliphatic rings. The third kappa shape index (κ3) is 6.16. The van der Waals surface area contributed by atoms with Gasteiger partial charge >= 0.3 is 0 Å². The molecule has 0 bridgehead atoms. The summed E-state index contributed by atoms with van der Waals surface area (Å²) < 4.78 is 11.8. The highest BCUT2D eigenvalue weighted by atomic mass is 35.5. The quantitative estimate of drug-likeness (QED) is 0.383. The molecule has 6 heteroatoms. The van der Waals surface area contributed by atoms with Crippen molar-refractivity contribution < 1.29 is 14.3 Å². The smallest absolute Gasteiger partial charge is 0.258 e. The van der Waals surface area contributed by atoms with Gasteiger partial charge in [0.15, 0.2) is 5.75 Å². The van der Waals surface area contributed by atoms with Gasteiger partial charge in [-0.05, 0) is 48.6 Å². The summed E-state index contributed by atoms with van der Waals surface area (Å²) in [5.74, 6) is 0.647. The van der Waals surface area contributed by atoms with E-state index in [0.29, 0.717) is 41.7 Å². The Bertz CT molecular complexity index is 1120. The predicted octanol–water partition coefficient (Wildman–Crippen LogP) is 5.88. The van der Waals surface area contributed by atoms with Gasteiger partial charge in [0.1, 0.15) is 17.9 Å². The van der Waals surface area contributed by atoms with Gasteiger partial charge in [-0.15, -0.1) is 0 Å². The Morgan fingerprint density at radius 1 is 1.06 bits per heavy atom. The molecule has 1 heterocycles. The van der Waals surface area contributed by atoms with E-state index in [2.05, 4.69) is 34.5 Å². The van der Waals surface area contributed by atoms with Crippen molar-refractivity contribution in [3.8, 4) is 11.5 Å². The van der Waals surface area contributed by atoms with Crippen LogP contribution in [0.4, 0.5) is 0 Å². The molecular weight excluding hydrogens is 460 g/mol. The number of carbonyl (C=O) groups is 1. The Kier molecular flexibility index (Phi) is 8.67. The van der Waals surface area contributed by atoms with Crippen LogP contribution in [-0.2, 0) is 19.6 Å². The SMILES string of the molecule is CCc1cc(Cl)c(OC)c(C(=O)NC[C@@H]2CCCN2Cc2ccccc2)c1OCc1ccccc1. The number of methoxy groups -OCH3 is 1. The number of likely N-dealkylation sites (tertiary alicyclic amines) is 1. The van der Waals surface area contributed by atoms with E-state index in [-0.39, 0.29) is 11.9 Å². The van der Waals surface area contributed by atoms with Crippen LogP contribution in [0.15, 0.2) is 66.7 Å². The number of hydrogen-bond donors (Lipinski definition) is 1. The van der Waals surface area contributed by atoms with Gasteiger partial charge in [-0.2, -0.15) is 0 Å². The minimum atomic E-state index is -0.228. The van der Waals surface area contributed by atoms with Crippen molar-refractivity contribution in [3.63, 3.8) is 0 Å². The second-order valence-electron chi connectivity index (χ2n) is 8.84. The van der Waals surface area contributed by atoms with Crippen LogP contribution in [0.5, 0.6) is 11.5 Å². The number of rotatable bonds is 10. The molecule has 1 fully saturated rings. The van der Waals surface area contributed by atoms with E-state index in [1.807, 2.05) is 49.4 Å². The topological polar surface area (TPSA) is 50.8 Å². The van der Waals surface area contributed by atoms with E-state index in [1.54, 1.807) is 0 Å². The zero-order chi connectivity index (χ0) is 24.6. The lowest BCUT2D eigenvalue weighted by Gasteiger charge is -2.25. The summed E-state index contributed by atoms with van der Waals surface area (Å²) in [4.78, 5) is 16.0. The summed E-state index contributed by atoms with van der Waals surface area (Å²) in [6.07, 6.45) is 2.86. The van der Waals surface area contributed by atoms with Crippen molar-refractivity contribution in [2.75, 3.05) is 20.2 Å². The number of nitrogens with zero attached hydrogens (tertiary/aromatic N) is 1. The fourth-order valence-corrected chi connectivity index (χ4v) is 4.98. The van der Waals surface area contributed by atoms with Crippen LogP contribution in [0.1, 0.15) is 46.8 Å². The van der Waals surface area contributed by atoms with Crippen molar-refractivity contribution >= 4 is 17.5 Å². The van der Waals surface area contributed by atoms with Crippen LogP contribution in [0, 0.1) is 0 Å². The lowest BCUT2D eigenvalue weighted by Crippen LogP contribution is -2.40. The molecule has 1 N–H and O–H groups in total. The van der Waals surface area contributed by atoms with Crippen molar-refractivity contribution in [3.05, 3.63) is 94.0 Å². The lowest BCUT2D eigenvalue weighted by atomic mass is 10.0. The highest BCUT2D eigenvalue weighted by Gasteiger charge is 2.28. The fraction of sp³-hybridized carbons (Fsp3) is 0.345. The minimum Gasteiger partial charge on any atom is -0.494 e. The summed E-state index contributed by atoms with van der Waals surface area (Å²) in [6.45, 7) is 4.84. The van der Waals surface area contributed by atoms with Gasteiger partial charge in [-0.25, -0.2) is 0 Å². The maximum atomic E-state index is 13.6. The van der Waals surface area contributed by atoms with Gasteiger partial charge in [0.2, 0.25) is 0 Å². The van der Waals surface area contributed by atoms with E-state index in [9.17, 15) is 4.79 Å². The van der Waals surface area contributed by atoms with Crippen molar-refractivity contribution in [1.82, 2.24) is 10.2 Å². The molecule has 3 aromatic carbocycles. The molecule has 0 spiro atoms. The fourth-order valence-electron chi connectivity index (χ4n) is 4.68. The van der Waals surface area contributed by atoms with Crippen molar-refractivity contribution in [2.24, 2.45) is 0 Å². The molecule has 0 saturated carbocycles. The number of benzene rings is 3. The van der Waals surface area contributed by atoms with Crippen LogP contribution >= 0.6 is 11.6 Å². The van der Waals surface area contributed by atoms with E-state index in [0.717, 1.165) is 37.1 Å². The Morgan fingerprint density at radius 3 is 2.40 bits per heavy atom. The molecule has 3 aromatic rings. The molecular formula is C29H33ClN2O3. The average molecular weight is 493 g/mol. The van der Waals surface area contributed by atoms with Crippen LogP contribution < -0.4 is 14.8 Å². The van der Waals surface area contributed by atoms with Crippen LogP contribution in [0.25, 0.3) is 0 Å². The molecule has 1 atom stereocenters. The molecule has 0 aliphatic carbocycles. The van der Waals surface area contributed by atoms with E-state index >= 15 is 0 Å². The zero-order valence-corrected chi connectivity index (χ0v) is 21.2. The normalized spacial score (nSPS) is 15.7. The largest absolute Gasteiger partial charge is 0.494 e. The summed E-state index contributed by atoms with van der Waals surface area (Å²) in [5.41, 5.74) is 3.55. The highest BCUT2D eigenvalue weighted by Crippen LogP contribution is 2.39. The Morgan fingerprint density at radius 2 is 1.74 bits per heavy atom. The first-order chi connectivity index (χ1) is 17.1. The van der Waals surface area contributed by atoms with Gasteiger partial charge in [-0.3, -0.25) is 9.69 Å². The predicted molar refractivity (Wildman–Crippen MR) is 140 cm³/mol. The molecule has 1 saturated heterocycles. The molecule has 0 aromatic heterocycles. The first-order valence-electron chi connectivity index (χ1n) is 12.2. The Balaban J connectivity index is 1.53. The highest BCUT2D eigenvalue weighted by molar-refractivity contribution is 6.33. The molecule has 4 rings (SSSR count). The number of hydrogen-bond acceptors (Lipinski definition) is 4. The van der Waals surface area contributed by atoms with E-state index in [1.165, 1.54) is 12.7 Å². The summed E-state index contributed by atoms with van der Waals surface area (Å²) in [7, 11) is 1.53. The van der Waals surface area contributed by atoms with Gasteiger partial charge in [0, 0.05) is 19.1 Å².